The summed E-state index contributed by atoms with van der Waals surface area (Å²) in [5.41, 5.74) is 4.39. The number of rotatable bonds is 5. The number of para-hydroxylation sites is 3. The van der Waals surface area contributed by atoms with Gasteiger partial charge in [-0.3, -0.25) is 4.79 Å². The van der Waals surface area contributed by atoms with Gasteiger partial charge < -0.3 is 15.2 Å². The van der Waals surface area contributed by atoms with Crippen LogP contribution in [0.25, 0.3) is 10.9 Å². The van der Waals surface area contributed by atoms with E-state index in [1.165, 1.54) is 30.2 Å². The van der Waals surface area contributed by atoms with Crippen LogP contribution in [0.15, 0.2) is 54.7 Å². The Balaban J connectivity index is 1.42. The lowest BCUT2D eigenvalue weighted by Gasteiger charge is -2.30. The number of nitrogens with one attached hydrogen (secondary N) is 2. The molecule has 0 radical (unpaired) electrons. The van der Waals surface area contributed by atoms with Gasteiger partial charge in [0.1, 0.15) is 0 Å². The van der Waals surface area contributed by atoms with Gasteiger partial charge in [-0.05, 0) is 49.4 Å². The zero-order valence-corrected chi connectivity index (χ0v) is 15.0. The summed E-state index contributed by atoms with van der Waals surface area (Å²) in [5.74, 6) is 0.0692. The average molecular weight is 347 g/mol. The molecule has 0 spiro atoms. The number of hydrogen-bond acceptors (Lipinski definition) is 2. The fourth-order valence-electron chi connectivity index (χ4n) is 3.79. The normalized spacial score (nSPS) is 14.5. The second kappa shape index (κ2) is 7.65. The molecule has 1 aliphatic rings. The van der Waals surface area contributed by atoms with Crippen LogP contribution in [0.5, 0.6) is 0 Å². The van der Waals surface area contributed by atoms with Gasteiger partial charge in [-0.25, -0.2) is 0 Å². The van der Waals surface area contributed by atoms with E-state index in [9.17, 15) is 4.79 Å². The van der Waals surface area contributed by atoms with Crippen molar-refractivity contribution in [1.82, 2.24) is 4.98 Å². The molecule has 26 heavy (non-hydrogen) atoms. The summed E-state index contributed by atoms with van der Waals surface area (Å²) in [6.45, 7) is 2.14. The number of anilines is 2. The summed E-state index contributed by atoms with van der Waals surface area (Å²) in [4.78, 5) is 18.2. The fourth-order valence-corrected chi connectivity index (χ4v) is 3.79. The monoisotopic (exact) mass is 347 g/mol. The Morgan fingerprint density at radius 2 is 1.77 bits per heavy atom. The molecule has 1 amide bonds. The molecule has 2 aromatic carbocycles. The molecule has 0 saturated carbocycles. The number of nitrogens with zero attached hydrogens (tertiary/aromatic N) is 1. The summed E-state index contributed by atoms with van der Waals surface area (Å²) in [7, 11) is 0. The average Bonchev–Trinajstić information content (AvgIpc) is 3.11. The number of aromatic amines is 1. The minimum absolute atomic E-state index is 0.0692. The van der Waals surface area contributed by atoms with Crippen molar-refractivity contribution >= 4 is 28.2 Å². The lowest BCUT2D eigenvalue weighted by Crippen LogP contribution is -2.30. The van der Waals surface area contributed by atoms with Crippen molar-refractivity contribution in [2.24, 2.45) is 0 Å². The molecular formula is C22H25N3O. The molecule has 0 aliphatic carbocycles. The number of aromatic nitrogens is 1. The third kappa shape index (κ3) is 3.59. The predicted molar refractivity (Wildman–Crippen MR) is 108 cm³/mol. The highest BCUT2D eigenvalue weighted by Crippen LogP contribution is 2.28. The number of fused-ring (bicyclic) bond motifs is 1. The Bertz CT molecular complexity index is 893. The molecule has 4 nitrogen and oxygen atoms in total. The van der Waals surface area contributed by atoms with E-state index in [2.05, 4.69) is 33.4 Å². The van der Waals surface area contributed by atoms with Crippen LogP contribution in [-0.4, -0.2) is 24.0 Å². The van der Waals surface area contributed by atoms with Crippen LogP contribution >= 0.6 is 0 Å². The smallest absolute Gasteiger partial charge is 0.224 e. The Labute approximate surface area is 154 Å². The van der Waals surface area contributed by atoms with Gasteiger partial charge in [-0.2, -0.15) is 0 Å². The molecule has 1 fully saturated rings. The first-order valence-electron chi connectivity index (χ1n) is 9.50. The van der Waals surface area contributed by atoms with Crippen LogP contribution in [0.2, 0.25) is 0 Å². The Morgan fingerprint density at radius 1 is 1.00 bits per heavy atom. The van der Waals surface area contributed by atoms with Crippen LogP contribution in [0.4, 0.5) is 11.4 Å². The fraction of sp³-hybridized carbons (Fsp3) is 0.318. The highest BCUT2D eigenvalue weighted by Gasteiger charge is 2.15. The van der Waals surface area contributed by atoms with E-state index < -0.39 is 0 Å². The van der Waals surface area contributed by atoms with Crippen molar-refractivity contribution in [1.29, 1.82) is 0 Å². The number of benzene rings is 2. The summed E-state index contributed by atoms with van der Waals surface area (Å²) >= 11 is 0. The first-order valence-corrected chi connectivity index (χ1v) is 9.50. The molecule has 4 heteroatoms. The van der Waals surface area contributed by atoms with E-state index in [1.54, 1.807) is 0 Å². The standard InChI is InChI=1S/C22H25N3O/c26-22(13-12-17-16-23-19-9-3-2-8-18(17)19)24-20-10-4-5-11-21(20)25-14-6-1-7-15-25/h2-5,8-11,16,23H,1,6-7,12-15H2,(H,24,26). The Hall–Kier alpha value is -2.75. The number of carbonyl (C=O) groups excluding carboxylic acids is 1. The number of aryl methyl sites for hydroxylation is 1. The number of amides is 1. The van der Waals surface area contributed by atoms with Crippen molar-refractivity contribution in [3.8, 4) is 0 Å². The highest BCUT2D eigenvalue weighted by atomic mass is 16.1. The van der Waals surface area contributed by atoms with Crippen LogP contribution in [0, 0.1) is 0 Å². The maximum Gasteiger partial charge on any atom is 0.224 e. The zero-order valence-electron chi connectivity index (χ0n) is 15.0. The zero-order chi connectivity index (χ0) is 17.8. The SMILES string of the molecule is O=C(CCc1c[nH]c2ccccc12)Nc1ccccc1N1CCCCC1. The first kappa shape index (κ1) is 16.7. The number of carbonyl (C=O) groups is 1. The van der Waals surface area contributed by atoms with Crippen molar-refractivity contribution in [2.45, 2.75) is 32.1 Å². The summed E-state index contributed by atoms with van der Waals surface area (Å²) in [6.07, 6.45) is 6.98. The Kier molecular flexibility index (Phi) is 4.91. The van der Waals surface area contributed by atoms with E-state index in [4.69, 9.17) is 0 Å². The van der Waals surface area contributed by atoms with Gasteiger partial charge in [-0.15, -0.1) is 0 Å². The van der Waals surface area contributed by atoms with E-state index in [1.807, 2.05) is 36.5 Å². The van der Waals surface area contributed by atoms with Crippen molar-refractivity contribution in [3.63, 3.8) is 0 Å². The molecule has 0 unspecified atom stereocenters. The van der Waals surface area contributed by atoms with Gasteiger partial charge >= 0.3 is 0 Å². The van der Waals surface area contributed by atoms with Crippen LogP contribution in [0.3, 0.4) is 0 Å². The first-order chi connectivity index (χ1) is 12.8. The molecule has 0 bridgehead atoms. The topological polar surface area (TPSA) is 48.1 Å². The van der Waals surface area contributed by atoms with E-state index in [0.717, 1.165) is 36.4 Å². The number of H-pyrrole nitrogens is 1. The summed E-state index contributed by atoms with van der Waals surface area (Å²) in [5, 5.41) is 4.33. The van der Waals surface area contributed by atoms with Crippen LogP contribution in [-0.2, 0) is 11.2 Å². The molecular weight excluding hydrogens is 322 g/mol. The second-order valence-corrected chi connectivity index (χ2v) is 6.97. The van der Waals surface area contributed by atoms with E-state index in [0.29, 0.717) is 6.42 Å². The highest BCUT2D eigenvalue weighted by molar-refractivity contribution is 5.95. The number of piperidine rings is 1. The Morgan fingerprint density at radius 3 is 2.65 bits per heavy atom. The molecule has 3 aromatic rings. The second-order valence-electron chi connectivity index (χ2n) is 6.97. The van der Waals surface area contributed by atoms with E-state index in [-0.39, 0.29) is 5.91 Å². The van der Waals surface area contributed by atoms with Crippen molar-refractivity contribution in [2.75, 3.05) is 23.3 Å². The van der Waals surface area contributed by atoms with Crippen LogP contribution in [0.1, 0.15) is 31.2 Å². The molecule has 1 saturated heterocycles. The molecule has 2 N–H and O–H groups in total. The molecule has 2 heterocycles. The summed E-state index contributed by atoms with van der Waals surface area (Å²) in [6, 6.07) is 16.4. The van der Waals surface area contributed by atoms with Gasteiger partial charge in [-0.1, -0.05) is 30.3 Å². The lowest BCUT2D eigenvalue weighted by molar-refractivity contribution is -0.116. The largest absolute Gasteiger partial charge is 0.370 e. The minimum atomic E-state index is 0.0692. The summed E-state index contributed by atoms with van der Waals surface area (Å²) < 4.78 is 0. The minimum Gasteiger partial charge on any atom is -0.370 e. The quantitative estimate of drug-likeness (QED) is 0.701. The van der Waals surface area contributed by atoms with Crippen LogP contribution < -0.4 is 10.2 Å². The third-order valence-corrected chi connectivity index (χ3v) is 5.17. The predicted octanol–water partition coefficient (Wildman–Crippen LogP) is 4.73. The van der Waals surface area contributed by atoms with Crippen molar-refractivity contribution in [3.05, 3.63) is 60.3 Å². The third-order valence-electron chi connectivity index (χ3n) is 5.17. The van der Waals surface area contributed by atoms with Gasteiger partial charge in [0, 0.05) is 36.6 Å². The maximum atomic E-state index is 12.5. The molecule has 0 atom stereocenters. The molecule has 134 valence electrons. The molecule has 4 rings (SSSR count). The molecule has 1 aromatic heterocycles. The lowest BCUT2D eigenvalue weighted by atomic mass is 10.1. The van der Waals surface area contributed by atoms with E-state index >= 15 is 0 Å². The maximum absolute atomic E-state index is 12.5. The van der Waals surface area contributed by atoms with Gasteiger partial charge in [0.25, 0.3) is 0 Å². The van der Waals surface area contributed by atoms with Gasteiger partial charge in [0.2, 0.25) is 5.91 Å². The molecule has 1 aliphatic heterocycles. The van der Waals surface area contributed by atoms with Crippen molar-refractivity contribution < 1.29 is 4.79 Å². The number of hydrogen-bond donors (Lipinski definition) is 2. The van der Waals surface area contributed by atoms with Gasteiger partial charge in [0.15, 0.2) is 0 Å². The van der Waals surface area contributed by atoms with Gasteiger partial charge in [0.05, 0.1) is 11.4 Å².